The van der Waals surface area contributed by atoms with E-state index in [0.717, 1.165) is 12.1 Å². The molecule has 0 saturated carbocycles. The van der Waals surface area contributed by atoms with Crippen LogP contribution in [0.5, 0.6) is 0 Å². The lowest BCUT2D eigenvalue weighted by Crippen LogP contribution is -2.18. The number of hydrogen-bond donors (Lipinski definition) is 2. The van der Waals surface area contributed by atoms with E-state index in [0.29, 0.717) is 5.56 Å². The van der Waals surface area contributed by atoms with Crippen LogP contribution in [-0.4, -0.2) is 23.2 Å². The van der Waals surface area contributed by atoms with Crippen LogP contribution < -0.4 is 10.5 Å². The predicted octanol–water partition coefficient (Wildman–Crippen LogP) is 0.646. The van der Waals surface area contributed by atoms with Gasteiger partial charge in [0.25, 0.3) is 10.0 Å². The Bertz CT molecular complexity index is 726. The van der Waals surface area contributed by atoms with E-state index in [4.69, 9.17) is 5.73 Å². The molecule has 3 N–H and O–H groups in total. The molecule has 1 aromatic heterocycles. The van der Waals surface area contributed by atoms with Crippen LogP contribution in [0, 0.1) is 12.7 Å². The largest absolute Gasteiger partial charge is 0.398 e. The van der Waals surface area contributed by atoms with Crippen molar-refractivity contribution < 1.29 is 12.8 Å². The molecule has 0 bridgehead atoms. The number of aromatic nitrogens is 3. The van der Waals surface area contributed by atoms with Crippen LogP contribution in [0.4, 0.5) is 16.0 Å². The molecule has 0 fully saturated rings. The smallest absolute Gasteiger partial charge is 0.267 e. The third-order valence-corrected chi connectivity index (χ3v) is 3.89. The number of halogens is 1. The standard InChI is InChI=1S/C10H12FN5O2S/c1-6-3-7(11)9(4-8(6)12)19(17,18)15-10-13-5-14-16(10)2/h3-5H,12H2,1-2H3,(H,13,14,15). The topological polar surface area (TPSA) is 103 Å². The average molecular weight is 285 g/mol. The summed E-state index contributed by atoms with van der Waals surface area (Å²) in [6.45, 7) is 1.59. The number of anilines is 2. The summed E-state index contributed by atoms with van der Waals surface area (Å²) in [6.07, 6.45) is 1.18. The first kappa shape index (κ1) is 13.3. The Morgan fingerprint density at radius 3 is 2.68 bits per heavy atom. The van der Waals surface area contributed by atoms with Gasteiger partial charge in [-0.25, -0.2) is 22.2 Å². The van der Waals surface area contributed by atoms with E-state index in [1.165, 1.54) is 18.1 Å². The monoisotopic (exact) mass is 285 g/mol. The molecular formula is C10H12FN5O2S. The number of nitrogens with one attached hydrogen (secondary N) is 1. The summed E-state index contributed by atoms with van der Waals surface area (Å²) < 4.78 is 41.2. The van der Waals surface area contributed by atoms with E-state index in [1.807, 2.05) is 0 Å². The molecule has 0 atom stereocenters. The van der Waals surface area contributed by atoms with Crippen LogP contribution in [0.2, 0.25) is 0 Å². The lowest BCUT2D eigenvalue weighted by atomic mass is 10.2. The highest BCUT2D eigenvalue weighted by atomic mass is 32.2. The van der Waals surface area contributed by atoms with Gasteiger partial charge < -0.3 is 5.73 Å². The first-order chi connectivity index (χ1) is 8.81. The zero-order valence-corrected chi connectivity index (χ0v) is 11.1. The Kier molecular flexibility index (Phi) is 3.14. The Balaban J connectivity index is 2.46. The summed E-state index contributed by atoms with van der Waals surface area (Å²) in [5.74, 6) is -0.889. The predicted molar refractivity (Wildman–Crippen MR) is 67.4 cm³/mol. The van der Waals surface area contributed by atoms with E-state index >= 15 is 0 Å². The number of aryl methyl sites for hydroxylation is 2. The van der Waals surface area contributed by atoms with Gasteiger partial charge in [-0.05, 0) is 24.6 Å². The summed E-state index contributed by atoms with van der Waals surface area (Å²) in [5.41, 5.74) is 6.26. The first-order valence-electron chi connectivity index (χ1n) is 5.23. The zero-order chi connectivity index (χ0) is 14.2. The Morgan fingerprint density at radius 2 is 2.11 bits per heavy atom. The molecule has 0 radical (unpaired) electrons. The maximum absolute atomic E-state index is 13.7. The van der Waals surface area contributed by atoms with Gasteiger partial charge >= 0.3 is 0 Å². The van der Waals surface area contributed by atoms with Crippen LogP contribution in [0.25, 0.3) is 0 Å². The van der Waals surface area contributed by atoms with Crippen LogP contribution >= 0.6 is 0 Å². The van der Waals surface area contributed by atoms with Crippen molar-refractivity contribution >= 4 is 21.7 Å². The van der Waals surface area contributed by atoms with Crippen molar-refractivity contribution in [3.8, 4) is 0 Å². The van der Waals surface area contributed by atoms with Gasteiger partial charge in [0.2, 0.25) is 5.95 Å². The van der Waals surface area contributed by atoms with E-state index in [-0.39, 0.29) is 11.6 Å². The molecule has 1 aromatic carbocycles. The maximum atomic E-state index is 13.7. The molecule has 19 heavy (non-hydrogen) atoms. The van der Waals surface area contributed by atoms with Crippen LogP contribution in [0.1, 0.15) is 5.56 Å². The Hall–Kier alpha value is -2.16. The molecule has 0 aliphatic carbocycles. The second kappa shape index (κ2) is 4.50. The van der Waals surface area contributed by atoms with Crippen LogP contribution in [0.15, 0.2) is 23.4 Å². The molecule has 2 aromatic rings. The van der Waals surface area contributed by atoms with Crippen LogP contribution in [-0.2, 0) is 17.1 Å². The third-order valence-electron chi connectivity index (χ3n) is 2.55. The van der Waals surface area contributed by atoms with Crippen molar-refractivity contribution in [2.45, 2.75) is 11.8 Å². The molecule has 0 aliphatic rings. The van der Waals surface area contributed by atoms with Gasteiger partial charge in [-0.3, -0.25) is 0 Å². The Labute approximate surface area is 109 Å². The van der Waals surface area contributed by atoms with Gasteiger partial charge in [0.1, 0.15) is 17.0 Å². The van der Waals surface area contributed by atoms with Crippen molar-refractivity contribution in [2.75, 3.05) is 10.5 Å². The lowest BCUT2D eigenvalue weighted by molar-refractivity contribution is 0.569. The molecule has 0 spiro atoms. The summed E-state index contributed by atoms with van der Waals surface area (Å²) in [4.78, 5) is 3.17. The highest BCUT2D eigenvalue weighted by Gasteiger charge is 2.22. The summed E-state index contributed by atoms with van der Waals surface area (Å²) in [7, 11) is -2.60. The maximum Gasteiger partial charge on any atom is 0.267 e. The summed E-state index contributed by atoms with van der Waals surface area (Å²) in [5, 5.41) is 3.71. The number of nitrogens with two attached hydrogens (primary N) is 1. The number of nitrogens with zero attached hydrogens (tertiary/aromatic N) is 3. The number of benzene rings is 1. The molecule has 102 valence electrons. The number of nitrogen functional groups attached to an aromatic ring is 1. The fraction of sp³-hybridized carbons (Fsp3) is 0.200. The molecule has 2 rings (SSSR count). The molecule has 1 heterocycles. The van der Waals surface area contributed by atoms with E-state index in [9.17, 15) is 12.8 Å². The van der Waals surface area contributed by atoms with Crippen molar-refractivity contribution in [1.82, 2.24) is 14.8 Å². The average Bonchev–Trinajstić information content (AvgIpc) is 2.69. The molecule has 0 saturated heterocycles. The first-order valence-corrected chi connectivity index (χ1v) is 6.72. The third kappa shape index (κ3) is 2.50. The highest BCUT2D eigenvalue weighted by Crippen LogP contribution is 2.22. The summed E-state index contributed by atoms with van der Waals surface area (Å²) in [6, 6.07) is 2.14. The lowest BCUT2D eigenvalue weighted by Gasteiger charge is -2.09. The van der Waals surface area contributed by atoms with E-state index in [1.54, 1.807) is 6.92 Å². The minimum Gasteiger partial charge on any atom is -0.398 e. The number of rotatable bonds is 3. The van der Waals surface area contributed by atoms with E-state index in [2.05, 4.69) is 14.8 Å². The van der Waals surface area contributed by atoms with Gasteiger partial charge in [-0.2, -0.15) is 10.1 Å². The second-order valence-electron chi connectivity index (χ2n) is 3.95. The number of hydrogen-bond acceptors (Lipinski definition) is 5. The fourth-order valence-electron chi connectivity index (χ4n) is 1.44. The van der Waals surface area contributed by atoms with Gasteiger partial charge in [-0.1, -0.05) is 0 Å². The summed E-state index contributed by atoms with van der Waals surface area (Å²) >= 11 is 0. The SMILES string of the molecule is Cc1cc(F)c(S(=O)(=O)Nc2ncnn2C)cc1N. The van der Waals surface area contributed by atoms with Crippen molar-refractivity contribution in [3.05, 3.63) is 29.8 Å². The zero-order valence-electron chi connectivity index (χ0n) is 10.3. The van der Waals surface area contributed by atoms with Gasteiger partial charge in [0.05, 0.1) is 0 Å². The van der Waals surface area contributed by atoms with Crippen molar-refractivity contribution in [3.63, 3.8) is 0 Å². The normalized spacial score (nSPS) is 11.5. The van der Waals surface area contributed by atoms with Gasteiger partial charge in [0, 0.05) is 12.7 Å². The van der Waals surface area contributed by atoms with Crippen LogP contribution in [0.3, 0.4) is 0 Å². The molecule has 0 unspecified atom stereocenters. The number of sulfonamides is 1. The highest BCUT2D eigenvalue weighted by molar-refractivity contribution is 7.92. The molecule has 0 aliphatic heterocycles. The molecule has 0 amide bonds. The second-order valence-corrected chi connectivity index (χ2v) is 5.60. The van der Waals surface area contributed by atoms with Crippen molar-refractivity contribution in [1.29, 1.82) is 0 Å². The molecule has 7 nitrogen and oxygen atoms in total. The Morgan fingerprint density at radius 1 is 1.42 bits per heavy atom. The minimum atomic E-state index is -4.10. The fourth-order valence-corrected chi connectivity index (χ4v) is 2.57. The minimum absolute atomic E-state index is 0.0152. The quantitative estimate of drug-likeness (QED) is 0.806. The molecular weight excluding hydrogens is 273 g/mol. The van der Waals surface area contributed by atoms with E-state index < -0.39 is 20.7 Å². The van der Waals surface area contributed by atoms with Gasteiger partial charge in [0.15, 0.2) is 0 Å². The van der Waals surface area contributed by atoms with Gasteiger partial charge in [-0.15, -0.1) is 0 Å². The van der Waals surface area contributed by atoms with Crippen molar-refractivity contribution in [2.24, 2.45) is 7.05 Å². The molecule has 9 heteroatoms.